The highest BCUT2D eigenvalue weighted by atomic mass is 35.5. The molecule has 0 aliphatic rings. The molecule has 6 heteroatoms. The monoisotopic (exact) mass is 217 g/mol. The second-order valence-corrected chi connectivity index (χ2v) is 3.14. The van der Waals surface area contributed by atoms with Crippen LogP contribution in [0.25, 0.3) is 10.7 Å². The van der Waals surface area contributed by atoms with Crippen molar-refractivity contribution in [2.75, 3.05) is 0 Å². The van der Waals surface area contributed by atoms with Crippen molar-refractivity contribution in [3.05, 3.63) is 23.4 Å². The van der Waals surface area contributed by atoms with Gasteiger partial charge in [0.2, 0.25) is 11.7 Å². The first-order chi connectivity index (χ1) is 5.90. The first kappa shape index (κ1) is 10.2. The third-order valence-corrected chi connectivity index (χ3v) is 2.25. The first-order valence-electron chi connectivity index (χ1n) is 3.46. The molecule has 2 N–H and O–H groups in total. The second-order valence-electron chi connectivity index (χ2n) is 2.19. The largest absolute Gasteiger partial charge is 0.338 e. The summed E-state index contributed by atoms with van der Waals surface area (Å²) >= 11 is 1.57. The average Bonchev–Trinajstić information content (AvgIpc) is 2.75. The molecular weight excluding hydrogens is 210 g/mol. The third kappa shape index (κ3) is 2.06. The molecule has 70 valence electrons. The molecule has 2 rings (SSSR count). The summed E-state index contributed by atoms with van der Waals surface area (Å²) in [6, 6.07) is 3.88. The Labute approximate surface area is 85.2 Å². The zero-order valence-corrected chi connectivity index (χ0v) is 8.27. The Kier molecular flexibility index (Phi) is 3.41. The van der Waals surface area contributed by atoms with Crippen LogP contribution in [0.5, 0.6) is 0 Å². The van der Waals surface area contributed by atoms with Gasteiger partial charge in [0.25, 0.3) is 0 Å². The van der Waals surface area contributed by atoms with Crippen molar-refractivity contribution in [3.63, 3.8) is 0 Å². The molecule has 0 fully saturated rings. The maximum absolute atomic E-state index is 5.32. The lowest BCUT2D eigenvalue weighted by molar-refractivity contribution is 0.380. The molecule has 0 aliphatic carbocycles. The summed E-state index contributed by atoms with van der Waals surface area (Å²) in [7, 11) is 0. The number of nitrogens with zero attached hydrogens (tertiary/aromatic N) is 2. The van der Waals surface area contributed by atoms with E-state index in [0.717, 1.165) is 4.88 Å². The van der Waals surface area contributed by atoms with E-state index in [4.69, 9.17) is 10.3 Å². The van der Waals surface area contributed by atoms with Crippen LogP contribution in [0.15, 0.2) is 22.0 Å². The maximum Gasteiger partial charge on any atom is 0.240 e. The highest BCUT2D eigenvalue weighted by molar-refractivity contribution is 7.13. The van der Waals surface area contributed by atoms with E-state index in [2.05, 4.69) is 10.1 Å². The fraction of sp³-hybridized carbons (Fsp3) is 0.143. The van der Waals surface area contributed by atoms with Crippen molar-refractivity contribution in [3.8, 4) is 10.7 Å². The summed E-state index contributed by atoms with van der Waals surface area (Å²) in [4.78, 5) is 5.08. The van der Waals surface area contributed by atoms with Gasteiger partial charge < -0.3 is 10.3 Å². The molecule has 0 amide bonds. The van der Waals surface area contributed by atoms with Gasteiger partial charge in [0.1, 0.15) is 0 Å². The summed E-state index contributed by atoms with van der Waals surface area (Å²) in [6.07, 6.45) is 0. The molecule has 0 aliphatic heterocycles. The fourth-order valence-corrected chi connectivity index (χ4v) is 1.49. The molecule has 13 heavy (non-hydrogen) atoms. The Morgan fingerprint density at radius 3 is 2.92 bits per heavy atom. The highest BCUT2D eigenvalue weighted by Gasteiger charge is 2.06. The van der Waals surface area contributed by atoms with E-state index in [1.807, 2.05) is 17.5 Å². The van der Waals surface area contributed by atoms with Gasteiger partial charge in [-0.05, 0) is 11.4 Å². The van der Waals surface area contributed by atoms with Gasteiger partial charge in [-0.2, -0.15) is 4.98 Å². The normalized spacial score (nSPS) is 9.62. The zero-order chi connectivity index (χ0) is 8.39. The van der Waals surface area contributed by atoms with Crippen LogP contribution in [0.1, 0.15) is 5.89 Å². The van der Waals surface area contributed by atoms with Crippen LogP contribution in [-0.2, 0) is 6.54 Å². The Hall–Kier alpha value is -0.910. The Morgan fingerprint density at radius 2 is 2.38 bits per heavy atom. The number of halogens is 1. The number of rotatable bonds is 2. The SMILES string of the molecule is Cl.NCc1nc(-c2cccs2)no1. The van der Waals surface area contributed by atoms with Crippen LogP contribution in [0.4, 0.5) is 0 Å². The molecule has 0 bridgehead atoms. The van der Waals surface area contributed by atoms with Gasteiger partial charge in [0.15, 0.2) is 0 Å². The minimum Gasteiger partial charge on any atom is -0.338 e. The zero-order valence-electron chi connectivity index (χ0n) is 6.64. The summed E-state index contributed by atoms with van der Waals surface area (Å²) in [5.74, 6) is 1.09. The molecule has 0 aromatic carbocycles. The quantitative estimate of drug-likeness (QED) is 0.831. The minimum absolute atomic E-state index is 0. The van der Waals surface area contributed by atoms with Crippen LogP contribution in [0.2, 0.25) is 0 Å². The fourth-order valence-electron chi connectivity index (χ4n) is 0.844. The van der Waals surface area contributed by atoms with E-state index in [0.29, 0.717) is 18.3 Å². The second kappa shape index (κ2) is 4.36. The molecule has 0 atom stereocenters. The molecule has 2 heterocycles. The van der Waals surface area contributed by atoms with E-state index < -0.39 is 0 Å². The van der Waals surface area contributed by atoms with Crippen LogP contribution in [-0.4, -0.2) is 10.1 Å². The van der Waals surface area contributed by atoms with Gasteiger partial charge in [-0.1, -0.05) is 11.2 Å². The molecule has 4 nitrogen and oxygen atoms in total. The van der Waals surface area contributed by atoms with Crippen LogP contribution >= 0.6 is 23.7 Å². The molecule has 0 spiro atoms. The van der Waals surface area contributed by atoms with Crippen LogP contribution < -0.4 is 5.73 Å². The van der Waals surface area contributed by atoms with Crippen molar-refractivity contribution in [2.24, 2.45) is 5.73 Å². The van der Waals surface area contributed by atoms with Gasteiger partial charge in [-0.15, -0.1) is 23.7 Å². The molecule has 0 saturated heterocycles. The predicted octanol–water partition coefficient (Wildman–Crippen LogP) is 1.68. The van der Waals surface area contributed by atoms with E-state index >= 15 is 0 Å². The number of thiophene rings is 1. The standard InChI is InChI=1S/C7H7N3OS.ClH/c8-4-6-9-7(10-11-6)5-2-1-3-12-5;/h1-3H,4,8H2;1H. The summed E-state index contributed by atoms with van der Waals surface area (Å²) < 4.78 is 4.86. The van der Waals surface area contributed by atoms with Gasteiger partial charge in [-0.25, -0.2) is 0 Å². The molecular formula is C7H8ClN3OS. The van der Waals surface area contributed by atoms with Crippen molar-refractivity contribution in [1.82, 2.24) is 10.1 Å². The van der Waals surface area contributed by atoms with Crippen molar-refractivity contribution >= 4 is 23.7 Å². The molecule has 0 radical (unpaired) electrons. The van der Waals surface area contributed by atoms with E-state index in [-0.39, 0.29) is 12.4 Å². The third-order valence-electron chi connectivity index (χ3n) is 1.38. The number of hydrogen-bond acceptors (Lipinski definition) is 5. The average molecular weight is 218 g/mol. The number of nitrogens with two attached hydrogens (primary N) is 1. The van der Waals surface area contributed by atoms with Gasteiger partial charge >= 0.3 is 0 Å². The topological polar surface area (TPSA) is 64.9 Å². The smallest absolute Gasteiger partial charge is 0.240 e. The van der Waals surface area contributed by atoms with Crippen LogP contribution in [0, 0.1) is 0 Å². The number of aromatic nitrogens is 2. The molecule has 0 unspecified atom stereocenters. The number of hydrogen-bond donors (Lipinski definition) is 1. The van der Waals surface area contributed by atoms with E-state index in [9.17, 15) is 0 Å². The van der Waals surface area contributed by atoms with Crippen molar-refractivity contribution in [2.45, 2.75) is 6.54 Å². The Bertz CT molecular complexity index is 359. The van der Waals surface area contributed by atoms with Crippen molar-refractivity contribution < 1.29 is 4.52 Å². The first-order valence-corrected chi connectivity index (χ1v) is 4.34. The lowest BCUT2D eigenvalue weighted by atomic mass is 10.4. The van der Waals surface area contributed by atoms with Gasteiger partial charge in [0, 0.05) is 0 Å². The van der Waals surface area contributed by atoms with E-state index in [1.54, 1.807) is 11.3 Å². The van der Waals surface area contributed by atoms with Gasteiger partial charge in [0.05, 0.1) is 11.4 Å². The van der Waals surface area contributed by atoms with E-state index in [1.165, 1.54) is 0 Å². The van der Waals surface area contributed by atoms with Gasteiger partial charge in [-0.3, -0.25) is 0 Å². The molecule has 2 aromatic heterocycles. The lowest BCUT2D eigenvalue weighted by Crippen LogP contribution is -1.95. The predicted molar refractivity (Wildman–Crippen MR) is 52.8 cm³/mol. The van der Waals surface area contributed by atoms with Crippen LogP contribution in [0.3, 0.4) is 0 Å². The van der Waals surface area contributed by atoms with Crippen molar-refractivity contribution in [1.29, 1.82) is 0 Å². The highest BCUT2D eigenvalue weighted by Crippen LogP contribution is 2.20. The Balaban J connectivity index is 0.000000845. The summed E-state index contributed by atoms with van der Waals surface area (Å²) in [5, 5.41) is 5.74. The molecule has 0 saturated carbocycles. The summed E-state index contributed by atoms with van der Waals surface area (Å²) in [5.41, 5.74) is 5.32. The lowest BCUT2D eigenvalue weighted by Gasteiger charge is -1.81. The minimum atomic E-state index is 0. The Morgan fingerprint density at radius 1 is 1.54 bits per heavy atom. The maximum atomic E-state index is 5.32. The summed E-state index contributed by atoms with van der Waals surface area (Å²) in [6.45, 7) is 0.290. The molecule has 2 aromatic rings.